The van der Waals surface area contributed by atoms with Crippen molar-refractivity contribution < 1.29 is 9.90 Å². The molecule has 104 valence electrons. The molecule has 5 heteroatoms. The van der Waals surface area contributed by atoms with Gasteiger partial charge in [-0.15, -0.1) is 0 Å². The first kappa shape index (κ1) is 14.3. The van der Waals surface area contributed by atoms with Crippen LogP contribution < -0.4 is 10.6 Å². The number of aliphatic hydroxyl groups excluding tert-OH is 1. The van der Waals surface area contributed by atoms with Crippen LogP contribution in [0.25, 0.3) is 0 Å². The number of hydrogen-bond donors (Lipinski definition) is 3. The molecule has 0 unspecified atom stereocenters. The second-order valence-electron chi connectivity index (χ2n) is 5.26. The number of fused-ring (bicyclic) bond motifs is 1. The predicted octanol–water partition coefficient (Wildman–Crippen LogP) is 1.92. The van der Waals surface area contributed by atoms with Gasteiger partial charge in [0, 0.05) is 10.2 Å². The number of anilines is 1. The van der Waals surface area contributed by atoms with Gasteiger partial charge in [0.05, 0.1) is 12.6 Å². The second-order valence-corrected chi connectivity index (χ2v) is 6.18. The SMILES string of the molecule is CC(C)[C@@H]1Nc2cc(Br)ccc2C[C@H](CO)NC1=O. The molecule has 3 N–H and O–H groups in total. The summed E-state index contributed by atoms with van der Waals surface area (Å²) in [6.07, 6.45) is 0.628. The van der Waals surface area contributed by atoms with Gasteiger partial charge in [0.2, 0.25) is 5.91 Å². The molecular weight excluding hydrogens is 308 g/mol. The molecule has 19 heavy (non-hydrogen) atoms. The van der Waals surface area contributed by atoms with Crippen LogP contribution in [0.3, 0.4) is 0 Å². The molecule has 1 aromatic carbocycles. The minimum absolute atomic E-state index is 0.0495. The number of halogens is 1. The van der Waals surface area contributed by atoms with E-state index < -0.39 is 0 Å². The second kappa shape index (κ2) is 5.92. The maximum absolute atomic E-state index is 12.2. The summed E-state index contributed by atoms with van der Waals surface area (Å²) >= 11 is 3.45. The van der Waals surface area contributed by atoms with Crippen molar-refractivity contribution in [1.82, 2.24) is 5.32 Å². The lowest BCUT2D eigenvalue weighted by molar-refractivity contribution is -0.123. The third kappa shape index (κ3) is 3.28. The number of carbonyl (C=O) groups is 1. The van der Waals surface area contributed by atoms with Gasteiger partial charge < -0.3 is 15.7 Å². The number of amides is 1. The third-order valence-corrected chi connectivity index (χ3v) is 3.86. The number of rotatable bonds is 2. The van der Waals surface area contributed by atoms with Crippen LogP contribution in [0.2, 0.25) is 0 Å². The van der Waals surface area contributed by atoms with Crippen molar-refractivity contribution in [3.05, 3.63) is 28.2 Å². The van der Waals surface area contributed by atoms with Crippen molar-refractivity contribution in [2.24, 2.45) is 5.92 Å². The van der Waals surface area contributed by atoms with Crippen LogP contribution in [-0.4, -0.2) is 29.7 Å². The average Bonchev–Trinajstić information content (AvgIpc) is 2.34. The zero-order valence-electron chi connectivity index (χ0n) is 11.1. The molecule has 1 amide bonds. The summed E-state index contributed by atoms with van der Waals surface area (Å²) in [5, 5.41) is 15.6. The van der Waals surface area contributed by atoms with Gasteiger partial charge in [0.15, 0.2) is 0 Å². The Morgan fingerprint density at radius 3 is 2.79 bits per heavy atom. The normalized spacial score (nSPS) is 23.1. The Hall–Kier alpha value is -1.07. The number of benzene rings is 1. The van der Waals surface area contributed by atoms with Crippen LogP contribution in [0.5, 0.6) is 0 Å². The van der Waals surface area contributed by atoms with Gasteiger partial charge in [-0.25, -0.2) is 0 Å². The number of aliphatic hydroxyl groups is 1. The highest BCUT2D eigenvalue weighted by molar-refractivity contribution is 9.10. The molecule has 0 aromatic heterocycles. The van der Waals surface area contributed by atoms with Crippen LogP contribution >= 0.6 is 15.9 Å². The highest BCUT2D eigenvalue weighted by Crippen LogP contribution is 2.26. The van der Waals surface area contributed by atoms with Gasteiger partial charge in [-0.05, 0) is 30.0 Å². The molecule has 2 rings (SSSR count). The Labute approximate surface area is 121 Å². The molecule has 0 saturated carbocycles. The minimum Gasteiger partial charge on any atom is -0.394 e. The van der Waals surface area contributed by atoms with E-state index in [1.54, 1.807) is 0 Å². The van der Waals surface area contributed by atoms with Crippen molar-refractivity contribution in [1.29, 1.82) is 0 Å². The van der Waals surface area contributed by atoms with E-state index >= 15 is 0 Å². The van der Waals surface area contributed by atoms with Crippen molar-refractivity contribution in [3.8, 4) is 0 Å². The Kier molecular flexibility index (Phi) is 4.47. The fourth-order valence-electron chi connectivity index (χ4n) is 2.28. The summed E-state index contributed by atoms with van der Waals surface area (Å²) in [4.78, 5) is 12.2. The van der Waals surface area contributed by atoms with Crippen molar-refractivity contribution in [2.45, 2.75) is 32.4 Å². The molecule has 0 bridgehead atoms. The summed E-state index contributed by atoms with van der Waals surface area (Å²) in [7, 11) is 0. The lowest BCUT2D eigenvalue weighted by Crippen LogP contribution is -2.50. The quantitative estimate of drug-likeness (QED) is 0.778. The van der Waals surface area contributed by atoms with Gasteiger partial charge in [-0.2, -0.15) is 0 Å². The molecule has 0 aliphatic carbocycles. The molecule has 1 aromatic rings. The molecule has 0 spiro atoms. The Bertz CT molecular complexity index is 477. The van der Waals surface area contributed by atoms with Gasteiger partial charge in [0.1, 0.15) is 6.04 Å². The molecule has 1 heterocycles. The molecule has 0 radical (unpaired) electrons. The van der Waals surface area contributed by atoms with E-state index in [1.165, 1.54) is 0 Å². The van der Waals surface area contributed by atoms with Crippen LogP contribution in [0, 0.1) is 5.92 Å². The van der Waals surface area contributed by atoms with E-state index in [4.69, 9.17) is 0 Å². The van der Waals surface area contributed by atoms with E-state index in [2.05, 4.69) is 26.6 Å². The zero-order valence-corrected chi connectivity index (χ0v) is 12.7. The van der Waals surface area contributed by atoms with Gasteiger partial charge >= 0.3 is 0 Å². The van der Waals surface area contributed by atoms with Crippen LogP contribution in [-0.2, 0) is 11.2 Å². The van der Waals surface area contributed by atoms with Crippen LogP contribution in [0.1, 0.15) is 19.4 Å². The standard InChI is InChI=1S/C14H19BrN2O2/c1-8(2)13-14(19)16-11(7-18)5-9-3-4-10(15)6-12(9)17-13/h3-4,6,8,11,13,17-18H,5,7H2,1-2H3,(H,16,19)/t11-,13+/m1/s1. The van der Waals surface area contributed by atoms with Gasteiger partial charge in [-0.3, -0.25) is 4.79 Å². The number of hydrogen-bond acceptors (Lipinski definition) is 3. The van der Waals surface area contributed by atoms with Crippen LogP contribution in [0.15, 0.2) is 22.7 Å². The van der Waals surface area contributed by atoms with Crippen molar-refractivity contribution in [2.75, 3.05) is 11.9 Å². The first-order valence-electron chi connectivity index (χ1n) is 6.47. The van der Waals surface area contributed by atoms with Crippen LogP contribution in [0.4, 0.5) is 5.69 Å². The highest BCUT2D eigenvalue weighted by atomic mass is 79.9. The number of carbonyl (C=O) groups excluding carboxylic acids is 1. The summed E-state index contributed by atoms with van der Waals surface area (Å²) in [6, 6.07) is 5.46. The van der Waals surface area contributed by atoms with E-state index in [0.29, 0.717) is 6.42 Å². The lowest BCUT2D eigenvalue weighted by Gasteiger charge is -2.30. The average molecular weight is 327 g/mol. The predicted molar refractivity (Wildman–Crippen MR) is 79.1 cm³/mol. The largest absolute Gasteiger partial charge is 0.394 e. The molecule has 0 saturated heterocycles. The third-order valence-electron chi connectivity index (χ3n) is 3.37. The fourth-order valence-corrected chi connectivity index (χ4v) is 2.64. The molecule has 2 atom stereocenters. The maximum Gasteiger partial charge on any atom is 0.243 e. The van der Waals surface area contributed by atoms with Gasteiger partial charge in [0.25, 0.3) is 0 Å². The number of nitrogens with one attached hydrogen (secondary N) is 2. The smallest absolute Gasteiger partial charge is 0.243 e. The first-order valence-corrected chi connectivity index (χ1v) is 7.26. The van der Waals surface area contributed by atoms with E-state index in [9.17, 15) is 9.90 Å². The van der Waals surface area contributed by atoms with E-state index in [1.807, 2.05) is 32.0 Å². The molecule has 0 fully saturated rings. The summed E-state index contributed by atoms with van der Waals surface area (Å²) in [6.45, 7) is 3.96. The highest BCUT2D eigenvalue weighted by Gasteiger charge is 2.27. The summed E-state index contributed by atoms with van der Waals surface area (Å²) < 4.78 is 0.975. The summed E-state index contributed by atoms with van der Waals surface area (Å²) in [5.74, 6) is 0.115. The Morgan fingerprint density at radius 2 is 2.16 bits per heavy atom. The molecule has 4 nitrogen and oxygen atoms in total. The monoisotopic (exact) mass is 326 g/mol. The van der Waals surface area contributed by atoms with Crippen molar-refractivity contribution >= 4 is 27.5 Å². The van der Waals surface area contributed by atoms with Gasteiger partial charge in [-0.1, -0.05) is 35.8 Å². The van der Waals surface area contributed by atoms with Crippen molar-refractivity contribution in [3.63, 3.8) is 0 Å². The first-order chi connectivity index (χ1) is 9.01. The Morgan fingerprint density at radius 1 is 1.42 bits per heavy atom. The molecule has 1 aliphatic heterocycles. The van der Waals surface area contributed by atoms with E-state index in [-0.39, 0.29) is 30.5 Å². The lowest BCUT2D eigenvalue weighted by atomic mass is 9.97. The minimum atomic E-state index is -0.289. The topological polar surface area (TPSA) is 61.4 Å². The Balaban J connectivity index is 2.39. The maximum atomic E-state index is 12.2. The zero-order chi connectivity index (χ0) is 14.0. The summed E-state index contributed by atoms with van der Waals surface area (Å²) in [5.41, 5.74) is 2.06. The fraction of sp³-hybridized carbons (Fsp3) is 0.500. The molecule has 1 aliphatic rings. The van der Waals surface area contributed by atoms with E-state index in [0.717, 1.165) is 15.7 Å². The molecular formula is C14H19BrN2O2.